The van der Waals surface area contributed by atoms with E-state index in [1.165, 1.54) is 22.0 Å². The van der Waals surface area contributed by atoms with Crippen LogP contribution in [0.5, 0.6) is 0 Å². The molecule has 1 aromatic carbocycles. The van der Waals surface area contributed by atoms with E-state index in [1.807, 2.05) is 6.08 Å². The molecule has 2 nitrogen and oxygen atoms in total. The summed E-state index contributed by atoms with van der Waals surface area (Å²) in [6, 6.07) is 6.38. The number of hydrogen-bond acceptors (Lipinski definition) is 0. The highest BCUT2D eigenvalue weighted by Gasteiger charge is 2.53. The van der Waals surface area contributed by atoms with Gasteiger partial charge in [0, 0.05) is 28.6 Å². The second-order valence-corrected chi connectivity index (χ2v) is 7.55. The number of fused-ring (bicyclic) bond motifs is 2. The van der Waals surface area contributed by atoms with Gasteiger partial charge in [-0.3, -0.25) is 0 Å². The van der Waals surface area contributed by atoms with Crippen LogP contribution in [0.4, 0.5) is 0 Å². The summed E-state index contributed by atoms with van der Waals surface area (Å²) in [6.45, 7) is 20.7. The monoisotopic (exact) mass is 302 g/mol. The summed E-state index contributed by atoms with van der Waals surface area (Å²) in [4.78, 5) is 7.43. The quantitative estimate of drug-likeness (QED) is 0.551. The Labute approximate surface area is 137 Å². The van der Waals surface area contributed by atoms with Crippen LogP contribution < -0.4 is 0 Å². The minimum atomic E-state index is -0.150. The molecule has 2 aromatic rings. The van der Waals surface area contributed by atoms with E-state index in [4.69, 9.17) is 6.57 Å². The molecule has 0 unspecified atom stereocenters. The molecule has 2 heteroatoms. The van der Waals surface area contributed by atoms with Crippen LogP contribution in [0.15, 0.2) is 49.2 Å². The second kappa shape index (κ2) is 4.61. The predicted octanol–water partition coefficient (Wildman–Crippen LogP) is 5.21. The lowest BCUT2D eigenvalue weighted by Crippen LogP contribution is -2.45. The molecule has 1 heterocycles. The third-order valence-corrected chi connectivity index (χ3v) is 6.28. The zero-order valence-corrected chi connectivity index (χ0v) is 13.8. The van der Waals surface area contributed by atoms with Crippen molar-refractivity contribution in [2.75, 3.05) is 0 Å². The molecule has 0 saturated heterocycles. The number of H-pyrrole nitrogens is 1. The number of hydrogen-bond donors (Lipinski definition) is 1. The van der Waals surface area contributed by atoms with E-state index in [9.17, 15) is 0 Å². The molecule has 4 rings (SSSR count). The summed E-state index contributed by atoms with van der Waals surface area (Å²) in [5.41, 5.74) is 4.99. The van der Waals surface area contributed by atoms with E-state index >= 15 is 0 Å². The number of allylic oxidation sites excluding steroid dienone is 1. The molecule has 116 valence electrons. The highest BCUT2D eigenvalue weighted by Crippen LogP contribution is 2.58. The number of nitrogens with zero attached hydrogens (tertiary/aromatic N) is 1. The fourth-order valence-corrected chi connectivity index (χ4v) is 4.99. The normalized spacial score (nSPS) is 31.4. The van der Waals surface area contributed by atoms with Gasteiger partial charge < -0.3 is 9.83 Å². The maximum absolute atomic E-state index is 7.79. The van der Waals surface area contributed by atoms with Crippen molar-refractivity contribution >= 4 is 10.9 Å². The third kappa shape index (κ3) is 1.68. The van der Waals surface area contributed by atoms with Crippen molar-refractivity contribution in [2.45, 2.75) is 37.6 Å². The Balaban J connectivity index is 2.02. The minimum absolute atomic E-state index is 0.0459. The van der Waals surface area contributed by atoms with Crippen LogP contribution in [-0.4, -0.2) is 11.0 Å². The summed E-state index contributed by atoms with van der Waals surface area (Å²) in [6.07, 6.45) is 5.15. The Morgan fingerprint density at radius 3 is 2.87 bits per heavy atom. The second-order valence-electron chi connectivity index (χ2n) is 7.55. The molecular formula is C21H22N2. The van der Waals surface area contributed by atoms with E-state index in [1.54, 1.807) is 0 Å². The highest BCUT2D eigenvalue weighted by molar-refractivity contribution is 5.89. The molecule has 0 aliphatic heterocycles. The van der Waals surface area contributed by atoms with Crippen molar-refractivity contribution in [3.63, 3.8) is 0 Å². The number of nitrogens with one attached hydrogen (secondary N) is 1. The maximum Gasteiger partial charge on any atom is 0.252 e. The van der Waals surface area contributed by atoms with Crippen LogP contribution in [0.25, 0.3) is 15.7 Å². The number of benzene rings is 1. The van der Waals surface area contributed by atoms with Gasteiger partial charge in [-0.1, -0.05) is 38.6 Å². The van der Waals surface area contributed by atoms with Crippen molar-refractivity contribution < 1.29 is 0 Å². The first-order chi connectivity index (χ1) is 11.0. The number of rotatable bonds is 1. The van der Waals surface area contributed by atoms with Crippen LogP contribution in [0.1, 0.15) is 37.3 Å². The van der Waals surface area contributed by atoms with Gasteiger partial charge in [-0.2, -0.15) is 0 Å². The highest BCUT2D eigenvalue weighted by atomic mass is 14.8. The van der Waals surface area contributed by atoms with Gasteiger partial charge in [0.2, 0.25) is 0 Å². The third-order valence-electron chi connectivity index (χ3n) is 6.28. The van der Waals surface area contributed by atoms with Gasteiger partial charge in [0.1, 0.15) is 0 Å². The van der Waals surface area contributed by atoms with Gasteiger partial charge >= 0.3 is 0 Å². The lowest BCUT2D eigenvalue weighted by atomic mass is 9.53. The van der Waals surface area contributed by atoms with E-state index in [0.717, 1.165) is 12.0 Å². The molecule has 1 aromatic heterocycles. The van der Waals surface area contributed by atoms with Crippen molar-refractivity contribution in [2.24, 2.45) is 11.8 Å². The average Bonchev–Trinajstić information content (AvgIpc) is 2.97. The standard InChI is InChI=1S/C21H22N2/c1-6-13-10-16-19(20(22-5)12(13)2)14-11-23-17-9-7-8-15(18(14)17)21(16,3)4/h6-9,11,13,16,19-20,23H,1-2,10H2,3-4H3/t13-,16+,19-,20-/m0/s1. The first-order valence-corrected chi connectivity index (χ1v) is 8.29. The fourth-order valence-electron chi connectivity index (χ4n) is 4.99. The van der Waals surface area contributed by atoms with Crippen molar-refractivity contribution in [3.8, 4) is 0 Å². The molecule has 23 heavy (non-hydrogen) atoms. The molecule has 2 aliphatic rings. The number of aromatic amines is 1. The predicted molar refractivity (Wildman–Crippen MR) is 95.4 cm³/mol. The van der Waals surface area contributed by atoms with E-state index < -0.39 is 0 Å². The lowest BCUT2D eigenvalue weighted by molar-refractivity contribution is 0.196. The van der Waals surface area contributed by atoms with Crippen LogP contribution in [0.2, 0.25) is 0 Å². The molecular weight excluding hydrogens is 280 g/mol. The summed E-state index contributed by atoms with van der Waals surface area (Å²) in [5, 5.41) is 1.33. The molecule has 1 N–H and O–H groups in total. The molecule has 4 atom stereocenters. The zero-order chi connectivity index (χ0) is 16.4. The molecule has 0 radical (unpaired) electrons. The Bertz CT molecular complexity index is 862. The summed E-state index contributed by atoms with van der Waals surface area (Å²) >= 11 is 0. The molecule has 2 aliphatic carbocycles. The first-order valence-electron chi connectivity index (χ1n) is 8.29. The van der Waals surface area contributed by atoms with Crippen molar-refractivity contribution in [3.05, 3.63) is 71.7 Å². The van der Waals surface area contributed by atoms with Gasteiger partial charge in [0.15, 0.2) is 0 Å². The lowest BCUT2D eigenvalue weighted by Gasteiger charge is -2.48. The fraction of sp³-hybridized carbons (Fsp3) is 0.381. The Hall–Kier alpha value is -2.27. The summed E-state index contributed by atoms with van der Waals surface area (Å²) in [7, 11) is 0. The largest absolute Gasteiger partial charge is 0.361 e. The van der Waals surface area contributed by atoms with Gasteiger partial charge in [0.25, 0.3) is 6.04 Å². The average molecular weight is 302 g/mol. The van der Waals surface area contributed by atoms with Gasteiger partial charge in [0.05, 0.1) is 5.92 Å². The first kappa shape index (κ1) is 14.3. The van der Waals surface area contributed by atoms with E-state index in [-0.39, 0.29) is 23.3 Å². The van der Waals surface area contributed by atoms with Crippen molar-refractivity contribution in [1.29, 1.82) is 0 Å². The van der Waals surface area contributed by atoms with E-state index in [2.05, 4.69) is 61.2 Å². The SMILES string of the molecule is [C-]#[N+][C@H]1C(=C)[C@@H](C=C)C[C@@H]2[C@@H]1c1c[nH]c3cccc(c13)C2(C)C. The van der Waals surface area contributed by atoms with Crippen molar-refractivity contribution in [1.82, 2.24) is 4.98 Å². The zero-order valence-electron chi connectivity index (χ0n) is 13.8. The number of aromatic nitrogens is 1. The minimum Gasteiger partial charge on any atom is -0.361 e. The Kier molecular flexibility index (Phi) is 2.87. The van der Waals surface area contributed by atoms with Gasteiger partial charge in [-0.25, -0.2) is 6.57 Å². The maximum atomic E-state index is 7.79. The molecule has 0 spiro atoms. The summed E-state index contributed by atoms with van der Waals surface area (Å²) in [5.74, 6) is 0.910. The van der Waals surface area contributed by atoms with Gasteiger partial charge in [-0.05, 0) is 34.9 Å². The van der Waals surface area contributed by atoms with Gasteiger partial charge in [-0.15, -0.1) is 6.58 Å². The topological polar surface area (TPSA) is 20.1 Å². The summed E-state index contributed by atoms with van der Waals surface area (Å²) < 4.78 is 0. The van der Waals surface area contributed by atoms with Crippen LogP contribution in [0.3, 0.4) is 0 Å². The van der Waals surface area contributed by atoms with E-state index in [0.29, 0.717) is 5.92 Å². The smallest absolute Gasteiger partial charge is 0.252 e. The molecule has 0 amide bonds. The Morgan fingerprint density at radius 1 is 1.39 bits per heavy atom. The molecule has 1 saturated carbocycles. The molecule has 1 fully saturated rings. The Morgan fingerprint density at radius 2 is 2.17 bits per heavy atom. The molecule has 0 bridgehead atoms. The van der Waals surface area contributed by atoms with Crippen LogP contribution in [0, 0.1) is 18.4 Å². The van der Waals surface area contributed by atoms with Crippen LogP contribution in [-0.2, 0) is 5.41 Å². The van der Waals surface area contributed by atoms with Crippen LogP contribution >= 0.6 is 0 Å².